The molecule has 28 heavy (non-hydrogen) atoms. The highest BCUT2D eigenvalue weighted by Gasteiger charge is 2.22. The quantitative estimate of drug-likeness (QED) is 0.395. The number of benzene rings is 4. The minimum Gasteiger partial charge on any atom is -0.508 e. The molecule has 5 heteroatoms. The first-order chi connectivity index (χ1) is 13.5. The van der Waals surface area contributed by atoms with Gasteiger partial charge in [-0.15, -0.1) is 0 Å². The van der Waals surface area contributed by atoms with Crippen LogP contribution < -0.4 is 0 Å². The zero-order chi connectivity index (χ0) is 19.8. The van der Waals surface area contributed by atoms with Crippen molar-refractivity contribution in [2.24, 2.45) is 0 Å². The topological polar surface area (TPSA) is 98.0 Å². The van der Waals surface area contributed by atoms with E-state index >= 15 is 0 Å². The second-order valence-corrected chi connectivity index (χ2v) is 6.42. The van der Waals surface area contributed by atoms with E-state index in [4.69, 9.17) is 0 Å². The van der Waals surface area contributed by atoms with Crippen LogP contribution in [0.3, 0.4) is 0 Å². The van der Waals surface area contributed by atoms with Gasteiger partial charge < -0.3 is 20.4 Å². The van der Waals surface area contributed by atoms with Crippen molar-refractivity contribution >= 4 is 16.6 Å². The van der Waals surface area contributed by atoms with Crippen LogP contribution in [0.15, 0.2) is 72.8 Å². The minimum atomic E-state index is -0.388. The van der Waals surface area contributed by atoms with Gasteiger partial charge in [0, 0.05) is 22.6 Å². The molecule has 4 aromatic rings. The molecule has 0 aromatic heterocycles. The highest BCUT2D eigenvalue weighted by atomic mass is 16.3. The van der Waals surface area contributed by atoms with Crippen molar-refractivity contribution in [1.29, 1.82) is 0 Å². The molecule has 0 atom stereocenters. The summed E-state index contributed by atoms with van der Waals surface area (Å²) in [7, 11) is 0. The Kier molecular flexibility index (Phi) is 4.12. The summed E-state index contributed by atoms with van der Waals surface area (Å²) in [6.45, 7) is 0. The first kappa shape index (κ1) is 17.4. The normalized spacial score (nSPS) is 10.9. The van der Waals surface area contributed by atoms with Crippen LogP contribution in [-0.2, 0) is 0 Å². The predicted molar refractivity (Wildman–Crippen MR) is 106 cm³/mol. The molecule has 4 rings (SSSR count). The molecule has 4 aromatic carbocycles. The van der Waals surface area contributed by atoms with Crippen LogP contribution in [-0.4, -0.2) is 26.2 Å². The number of ketones is 1. The molecule has 0 amide bonds. The molecular weight excluding hydrogens is 356 g/mol. The van der Waals surface area contributed by atoms with Gasteiger partial charge in [0.15, 0.2) is 5.78 Å². The summed E-state index contributed by atoms with van der Waals surface area (Å²) in [5.74, 6) is -1.31. The fourth-order valence-electron chi connectivity index (χ4n) is 3.37. The van der Waals surface area contributed by atoms with E-state index in [0.29, 0.717) is 21.9 Å². The SMILES string of the molecule is O=C(c1ccccc1)c1ccc(O)c(-c2cccc3cc(O)cc(O)c23)c1O. The lowest BCUT2D eigenvalue weighted by Gasteiger charge is -2.14. The van der Waals surface area contributed by atoms with Crippen LogP contribution in [0.5, 0.6) is 23.0 Å². The number of carbonyl (C=O) groups is 1. The number of rotatable bonds is 3. The molecule has 4 N–H and O–H groups in total. The summed E-state index contributed by atoms with van der Waals surface area (Å²) in [6.07, 6.45) is 0. The molecule has 0 saturated heterocycles. The van der Waals surface area contributed by atoms with Gasteiger partial charge in [0.05, 0.1) is 11.1 Å². The number of aromatic hydroxyl groups is 4. The van der Waals surface area contributed by atoms with Gasteiger partial charge in [-0.05, 0) is 23.6 Å². The predicted octanol–water partition coefficient (Wildman–Crippen LogP) is 4.56. The van der Waals surface area contributed by atoms with Gasteiger partial charge in [-0.3, -0.25) is 4.79 Å². The van der Waals surface area contributed by atoms with E-state index in [-0.39, 0.29) is 39.9 Å². The monoisotopic (exact) mass is 372 g/mol. The summed E-state index contributed by atoms with van der Waals surface area (Å²) in [5, 5.41) is 42.2. The largest absolute Gasteiger partial charge is 0.508 e. The van der Waals surface area contributed by atoms with Gasteiger partial charge in [-0.25, -0.2) is 0 Å². The Bertz CT molecular complexity index is 1210. The highest BCUT2D eigenvalue weighted by molar-refractivity contribution is 6.13. The van der Waals surface area contributed by atoms with Gasteiger partial charge in [-0.2, -0.15) is 0 Å². The molecule has 0 aliphatic heterocycles. The van der Waals surface area contributed by atoms with E-state index in [1.165, 1.54) is 24.3 Å². The smallest absolute Gasteiger partial charge is 0.196 e. The van der Waals surface area contributed by atoms with Crippen LogP contribution in [0.1, 0.15) is 15.9 Å². The Morgan fingerprint density at radius 2 is 1.46 bits per heavy atom. The van der Waals surface area contributed by atoms with Crippen molar-refractivity contribution in [3.05, 3.63) is 83.9 Å². The molecule has 0 aliphatic rings. The van der Waals surface area contributed by atoms with Gasteiger partial charge in [0.25, 0.3) is 0 Å². The number of fused-ring (bicyclic) bond motifs is 1. The third kappa shape index (κ3) is 2.79. The lowest BCUT2D eigenvalue weighted by molar-refractivity contribution is 0.103. The van der Waals surface area contributed by atoms with Crippen LogP contribution in [0, 0.1) is 0 Å². The third-order valence-electron chi connectivity index (χ3n) is 4.65. The number of carbonyl (C=O) groups excluding carboxylic acids is 1. The maximum Gasteiger partial charge on any atom is 0.196 e. The van der Waals surface area contributed by atoms with Crippen molar-refractivity contribution in [3.8, 4) is 34.1 Å². The Balaban J connectivity index is 1.98. The maximum absolute atomic E-state index is 12.8. The Morgan fingerprint density at radius 1 is 0.714 bits per heavy atom. The zero-order valence-corrected chi connectivity index (χ0v) is 14.6. The molecule has 0 spiro atoms. The molecule has 5 nitrogen and oxygen atoms in total. The van der Waals surface area contributed by atoms with Crippen molar-refractivity contribution in [2.45, 2.75) is 0 Å². The van der Waals surface area contributed by atoms with E-state index < -0.39 is 0 Å². The average Bonchev–Trinajstić information content (AvgIpc) is 2.68. The number of hydrogen-bond acceptors (Lipinski definition) is 5. The maximum atomic E-state index is 12.8. The van der Waals surface area contributed by atoms with Crippen molar-refractivity contribution in [3.63, 3.8) is 0 Å². The molecule has 0 saturated carbocycles. The second kappa shape index (κ2) is 6.63. The molecule has 0 radical (unpaired) electrons. The molecule has 0 bridgehead atoms. The number of phenolic OH excluding ortho intramolecular Hbond substituents is 4. The summed E-state index contributed by atoms with van der Waals surface area (Å²) < 4.78 is 0. The summed E-state index contributed by atoms with van der Waals surface area (Å²) >= 11 is 0. The molecule has 0 aliphatic carbocycles. The first-order valence-electron chi connectivity index (χ1n) is 8.57. The zero-order valence-electron chi connectivity index (χ0n) is 14.6. The molecule has 0 heterocycles. The van der Waals surface area contributed by atoms with E-state index in [9.17, 15) is 25.2 Å². The summed E-state index contributed by atoms with van der Waals surface area (Å²) in [5.41, 5.74) is 0.815. The molecule has 138 valence electrons. The van der Waals surface area contributed by atoms with Crippen LogP contribution >= 0.6 is 0 Å². The van der Waals surface area contributed by atoms with Gasteiger partial charge >= 0.3 is 0 Å². The van der Waals surface area contributed by atoms with E-state index in [0.717, 1.165) is 0 Å². The third-order valence-corrected chi connectivity index (χ3v) is 4.65. The fourth-order valence-corrected chi connectivity index (χ4v) is 3.37. The van der Waals surface area contributed by atoms with Crippen LogP contribution in [0.2, 0.25) is 0 Å². The second-order valence-electron chi connectivity index (χ2n) is 6.42. The Morgan fingerprint density at radius 3 is 2.21 bits per heavy atom. The van der Waals surface area contributed by atoms with Gasteiger partial charge in [0.2, 0.25) is 0 Å². The van der Waals surface area contributed by atoms with E-state index in [1.54, 1.807) is 48.5 Å². The minimum absolute atomic E-state index is 0.0355. The van der Waals surface area contributed by atoms with Crippen molar-refractivity contribution < 1.29 is 25.2 Å². The number of phenols is 4. The van der Waals surface area contributed by atoms with Gasteiger partial charge in [-0.1, -0.05) is 48.5 Å². The van der Waals surface area contributed by atoms with Crippen molar-refractivity contribution in [2.75, 3.05) is 0 Å². The molecule has 0 fully saturated rings. The van der Waals surface area contributed by atoms with E-state index in [2.05, 4.69) is 0 Å². The van der Waals surface area contributed by atoms with Crippen LogP contribution in [0.25, 0.3) is 21.9 Å². The summed E-state index contributed by atoms with van der Waals surface area (Å²) in [6, 6.07) is 18.8. The number of hydrogen-bond donors (Lipinski definition) is 4. The average molecular weight is 372 g/mol. The summed E-state index contributed by atoms with van der Waals surface area (Å²) in [4.78, 5) is 12.8. The lowest BCUT2D eigenvalue weighted by atomic mass is 9.92. The highest BCUT2D eigenvalue weighted by Crippen LogP contribution is 2.45. The molecule has 0 unspecified atom stereocenters. The molecular formula is C23H16O5. The Labute approximate surface area is 160 Å². The first-order valence-corrected chi connectivity index (χ1v) is 8.57. The van der Waals surface area contributed by atoms with Crippen molar-refractivity contribution in [1.82, 2.24) is 0 Å². The Hall–Kier alpha value is -3.99. The fraction of sp³-hybridized carbons (Fsp3) is 0. The van der Waals surface area contributed by atoms with Crippen LogP contribution in [0.4, 0.5) is 0 Å². The lowest BCUT2D eigenvalue weighted by Crippen LogP contribution is -2.02. The standard InChI is InChI=1S/C23H16O5/c24-15-11-14-7-4-8-16(20(14)19(26)12-15)21-18(25)10-9-17(23(21)28)22(27)13-5-2-1-3-6-13/h1-12,24-26,28H. The van der Waals surface area contributed by atoms with Gasteiger partial charge in [0.1, 0.15) is 23.0 Å². The van der Waals surface area contributed by atoms with E-state index in [1.807, 2.05) is 0 Å².